The monoisotopic (exact) mass is 243 g/mol. The van der Waals surface area contributed by atoms with E-state index in [0.717, 1.165) is 18.7 Å². The minimum absolute atomic E-state index is 0.0545. The first-order valence-corrected chi connectivity index (χ1v) is 7.35. The number of hydrogen-bond donors (Lipinski definition) is 2. The number of hydrogen-bond acceptors (Lipinski definition) is 4. The van der Waals surface area contributed by atoms with Crippen LogP contribution in [-0.2, 0) is 9.84 Å². The van der Waals surface area contributed by atoms with Crippen LogP contribution in [0, 0.1) is 0 Å². The molecule has 5 nitrogen and oxygen atoms in total. The summed E-state index contributed by atoms with van der Waals surface area (Å²) in [6, 6.07) is 0.118. The first kappa shape index (κ1) is 11.6. The molecule has 2 atom stereocenters. The predicted octanol–water partition coefficient (Wildman–Crippen LogP) is 0.637. The molecular formula is C10H17N3O2S. The molecule has 1 fully saturated rings. The molecule has 0 saturated carbocycles. The van der Waals surface area contributed by atoms with Crippen LogP contribution < -0.4 is 5.32 Å². The lowest BCUT2D eigenvalue weighted by Gasteiger charge is -2.25. The second kappa shape index (κ2) is 4.55. The van der Waals surface area contributed by atoms with Gasteiger partial charge in [-0.15, -0.1) is 0 Å². The van der Waals surface area contributed by atoms with Crippen molar-refractivity contribution in [3.8, 4) is 0 Å². The van der Waals surface area contributed by atoms with Gasteiger partial charge >= 0.3 is 0 Å². The quantitative estimate of drug-likeness (QED) is 0.817. The highest BCUT2D eigenvalue weighted by Gasteiger charge is 2.26. The Balaban J connectivity index is 1.95. The summed E-state index contributed by atoms with van der Waals surface area (Å²) in [4.78, 5) is 7.17. The maximum Gasteiger partial charge on any atom is 0.151 e. The van der Waals surface area contributed by atoms with E-state index >= 15 is 0 Å². The molecule has 0 amide bonds. The average molecular weight is 243 g/mol. The first-order valence-electron chi connectivity index (χ1n) is 5.52. The molecule has 1 aliphatic rings. The summed E-state index contributed by atoms with van der Waals surface area (Å²) in [5, 5.41) is 3.30. The highest BCUT2D eigenvalue weighted by atomic mass is 32.2. The number of sulfone groups is 1. The topological polar surface area (TPSA) is 74.8 Å². The van der Waals surface area contributed by atoms with Crippen molar-refractivity contribution in [1.29, 1.82) is 0 Å². The summed E-state index contributed by atoms with van der Waals surface area (Å²) < 4.78 is 22.9. The van der Waals surface area contributed by atoms with Gasteiger partial charge in [0.2, 0.25) is 0 Å². The van der Waals surface area contributed by atoms with Crippen LogP contribution in [0.25, 0.3) is 0 Å². The highest BCUT2D eigenvalue weighted by Crippen LogP contribution is 2.15. The maximum absolute atomic E-state index is 11.5. The summed E-state index contributed by atoms with van der Waals surface area (Å²) in [6.45, 7) is 1.99. The Labute approximate surface area is 95.6 Å². The number of nitrogens with zero attached hydrogens (tertiary/aromatic N) is 1. The van der Waals surface area contributed by atoms with Crippen molar-refractivity contribution in [2.24, 2.45) is 0 Å². The lowest BCUT2D eigenvalue weighted by atomic mass is 10.1. The van der Waals surface area contributed by atoms with E-state index in [2.05, 4.69) is 15.3 Å². The van der Waals surface area contributed by atoms with Crippen LogP contribution in [0.2, 0.25) is 0 Å². The van der Waals surface area contributed by atoms with Gasteiger partial charge in [-0.1, -0.05) is 0 Å². The molecule has 6 heteroatoms. The molecule has 2 N–H and O–H groups in total. The SMILES string of the molecule is CC(NC1CCCS(=O)(=O)C1)c1ncc[nH]1. The van der Waals surface area contributed by atoms with Gasteiger partial charge in [0.25, 0.3) is 0 Å². The molecule has 1 aromatic heterocycles. The van der Waals surface area contributed by atoms with E-state index < -0.39 is 9.84 Å². The van der Waals surface area contributed by atoms with Gasteiger partial charge < -0.3 is 10.3 Å². The molecule has 1 aliphatic heterocycles. The smallest absolute Gasteiger partial charge is 0.151 e. The Kier molecular flexibility index (Phi) is 3.30. The van der Waals surface area contributed by atoms with Crippen molar-refractivity contribution >= 4 is 9.84 Å². The molecule has 90 valence electrons. The molecule has 0 radical (unpaired) electrons. The van der Waals surface area contributed by atoms with E-state index in [1.165, 1.54) is 0 Å². The second-order valence-corrected chi connectivity index (χ2v) is 6.55. The normalized spacial score (nSPS) is 26.4. The van der Waals surface area contributed by atoms with Crippen molar-refractivity contribution in [1.82, 2.24) is 15.3 Å². The van der Waals surface area contributed by atoms with Crippen molar-refractivity contribution in [2.75, 3.05) is 11.5 Å². The fraction of sp³-hybridized carbons (Fsp3) is 0.700. The number of H-pyrrole nitrogens is 1. The zero-order chi connectivity index (χ0) is 11.6. The minimum Gasteiger partial charge on any atom is -0.347 e. The number of nitrogens with one attached hydrogen (secondary N) is 2. The van der Waals surface area contributed by atoms with E-state index in [1.54, 1.807) is 12.4 Å². The number of imidazole rings is 1. The maximum atomic E-state index is 11.5. The zero-order valence-electron chi connectivity index (χ0n) is 9.31. The third kappa shape index (κ3) is 2.82. The molecule has 16 heavy (non-hydrogen) atoms. The van der Waals surface area contributed by atoms with Crippen LogP contribution in [-0.4, -0.2) is 35.9 Å². The zero-order valence-corrected chi connectivity index (χ0v) is 10.1. The first-order chi connectivity index (χ1) is 7.57. The number of aromatic amines is 1. The molecule has 0 aromatic carbocycles. The van der Waals surface area contributed by atoms with E-state index in [4.69, 9.17) is 0 Å². The fourth-order valence-corrected chi connectivity index (χ4v) is 3.75. The van der Waals surface area contributed by atoms with Gasteiger partial charge in [-0.05, 0) is 19.8 Å². The Hall–Kier alpha value is -0.880. The fourth-order valence-electron chi connectivity index (χ4n) is 2.10. The Morgan fingerprint density at radius 3 is 3.06 bits per heavy atom. The molecule has 1 saturated heterocycles. The second-order valence-electron chi connectivity index (χ2n) is 4.32. The number of aromatic nitrogens is 2. The van der Waals surface area contributed by atoms with E-state index in [9.17, 15) is 8.42 Å². The van der Waals surface area contributed by atoms with Gasteiger partial charge in [0.1, 0.15) is 5.82 Å². The predicted molar refractivity (Wildman–Crippen MR) is 61.8 cm³/mol. The molecule has 1 aromatic rings. The molecule has 0 aliphatic carbocycles. The van der Waals surface area contributed by atoms with Gasteiger partial charge in [0.15, 0.2) is 9.84 Å². The average Bonchev–Trinajstić information content (AvgIpc) is 2.68. The van der Waals surface area contributed by atoms with Gasteiger partial charge in [0.05, 0.1) is 17.5 Å². The Morgan fingerprint density at radius 1 is 1.62 bits per heavy atom. The Morgan fingerprint density at radius 2 is 2.44 bits per heavy atom. The summed E-state index contributed by atoms with van der Waals surface area (Å²) in [7, 11) is -2.84. The Bertz CT molecular complexity index is 427. The summed E-state index contributed by atoms with van der Waals surface area (Å²) >= 11 is 0. The lowest BCUT2D eigenvalue weighted by molar-refractivity contribution is 0.428. The van der Waals surface area contributed by atoms with Crippen LogP contribution in [0.5, 0.6) is 0 Å². The lowest BCUT2D eigenvalue weighted by Crippen LogP contribution is -2.41. The van der Waals surface area contributed by atoms with Gasteiger partial charge in [-0.25, -0.2) is 13.4 Å². The molecule has 0 bridgehead atoms. The third-order valence-electron chi connectivity index (χ3n) is 2.88. The summed E-state index contributed by atoms with van der Waals surface area (Å²) in [6.07, 6.45) is 5.14. The number of rotatable bonds is 3. The molecule has 0 spiro atoms. The van der Waals surface area contributed by atoms with Crippen molar-refractivity contribution in [2.45, 2.75) is 31.8 Å². The molecule has 2 heterocycles. The van der Waals surface area contributed by atoms with Crippen molar-refractivity contribution in [3.63, 3.8) is 0 Å². The van der Waals surface area contributed by atoms with Crippen LogP contribution in [0.3, 0.4) is 0 Å². The van der Waals surface area contributed by atoms with Crippen molar-refractivity contribution in [3.05, 3.63) is 18.2 Å². The van der Waals surface area contributed by atoms with Crippen molar-refractivity contribution < 1.29 is 8.42 Å². The largest absolute Gasteiger partial charge is 0.347 e. The standard InChI is InChI=1S/C10H17N3O2S/c1-8(10-11-4-5-12-10)13-9-3-2-6-16(14,15)7-9/h4-5,8-9,13H,2-3,6-7H2,1H3,(H,11,12). The molecule has 2 rings (SSSR count). The van der Waals surface area contributed by atoms with Crippen LogP contribution in [0.15, 0.2) is 12.4 Å². The highest BCUT2D eigenvalue weighted by molar-refractivity contribution is 7.91. The van der Waals surface area contributed by atoms with E-state index in [0.29, 0.717) is 5.75 Å². The van der Waals surface area contributed by atoms with Gasteiger partial charge in [-0.2, -0.15) is 0 Å². The molecule has 2 unspecified atom stereocenters. The van der Waals surface area contributed by atoms with E-state index in [1.807, 2.05) is 6.92 Å². The van der Waals surface area contributed by atoms with Gasteiger partial charge in [-0.3, -0.25) is 0 Å². The minimum atomic E-state index is -2.84. The van der Waals surface area contributed by atoms with Crippen LogP contribution >= 0.6 is 0 Å². The van der Waals surface area contributed by atoms with Crippen LogP contribution in [0.1, 0.15) is 31.6 Å². The van der Waals surface area contributed by atoms with Crippen LogP contribution in [0.4, 0.5) is 0 Å². The third-order valence-corrected chi connectivity index (χ3v) is 4.70. The summed E-state index contributed by atoms with van der Waals surface area (Å²) in [5.41, 5.74) is 0. The molecular weight excluding hydrogens is 226 g/mol. The van der Waals surface area contributed by atoms with Gasteiger partial charge in [0, 0.05) is 18.4 Å². The van der Waals surface area contributed by atoms with E-state index in [-0.39, 0.29) is 17.8 Å². The summed E-state index contributed by atoms with van der Waals surface area (Å²) in [5.74, 6) is 1.43.